The molecule has 0 heterocycles. The van der Waals surface area contributed by atoms with Gasteiger partial charge in [-0.1, -0.05) is 11.8 Å². The molecule has 0 aromatic heterocycles. The van der Waals surface area contributed by atoms with Gasteiger partial charge < -0.3 is 15.6 Å². The smallest absolute Gasteiger partial charge is 0.338 e. The van der Waals surface area contributed by atoms with Gasteiger partial charge in [-0.3, -0.25) is 0 Å². The number of rotatable bonds is 5. The van der Waals surface area contributed by atoms with Crippen molar-refractivity contribution in [3.8, 4) is 0 Å². The lowest BCUT2D eigenvalue weighted by molar-refractivity contribution is 0.0525. The van der Waals surface area contributed by atoms with Crippen molar-refractivity contribution < 1.29 is 19.4 Å². The molecule has 0 saturated carbocycles. The lowest BCUT2D eigenvalue weighted by Crippen LogP contribution is -2.04. The van der Waals surface area contributed by atoms with Crippen LogP contribution in [-0.4, -0.2) is 23.7 Å². The van der Waals surface area contributed by atoms with E-state index in [4.69, 9.17) is 15.6 Å². The van der Waals surface area contributed by atoms with Gasteiger partial charge in [0.2, 0.25) is 0 Å². The van der Waals surface area contributed by atoms with Crippen LogP contribution < -0.4 is 5.73 Å². The molecule has 2 aromatic rings. The van der Waals surface area contributed by atoms with Crippen molar-refractivity contribution in [1.82, 2.24) is 0 Å². The number of hydrogen-bond acceptors (Lipinski definition) is 5. The van der Waals surface area contributed by atoms with Crippen molar-refractivity contribution in [3.63, 3.8) is 0 Å². The highest BCUT2D eigenvalue weighted by atomic mass is 32.2. The third-order valence-corrected chi connectivity index (χ3v) is 3.85. The van der Waals surface area contributed by atoms with E-state index < -0.39 is 5.97 Å². The zero-order chi connectivity index (χ0) is 16.1. The Kier molecular flexibility index (Phi) is 5.06. The quantitative estimate of drug-likeness (QED) is 0.649. The molecular formula is C16H15NO4S. The third kappa shape index (κ3) is 3.79. The summed E-state index contributed by atoms with van der Waals surface area (Å²) in [5.41, 5.74) is 6.41. The van der Waals surface area contributed by atoms with Gasteiger partial charge in [-0.25, -0.2) is 9.59 Å². The van der Waals surface area contributed by atoms with Crippen LogP contribution in [0.1, 0.15) is 27.6 Å². The minimum atomic E-state index is -1.06. The second-order valence-corrected chi connectivity index (χ2v) is 5.55. The number of ether oxygens (including phenoxy) is 1. The lowest BCUT2D eigenvalue weighted by atomic mass is 10.2. The number of anilines is 1. The molecule has 0 aliphatic heterocycles. The molecule has 0 bridgehead atoms. The van der Waals surface area contributed by atoms with Crippen LogP contribution in [0.15, 0.2) is 52.3 Å². The van der Waals surface area contributed by atoms with Gasteiger partial charge in [-0.2, -0.15) is 0 Å². The Balaban J connectivity index is 2.16. The summed E-state index contributed by atoms with van der Waals surface area (Å²) in [6.45, 7) is 2.09. The maximum absolute atomic E-state index is 11.6. The van der Waals surface area contributed by atoms with E-state index in [0.29, 0.717) is 12.2 Å². The molecular weight excluding hydrogens is 302 g/mol. The standard InChI is InChI=1S/C16H15NO4S/c1-2-21-16(20)10-3-5-11(6-4-10)22-12-7-8-14(17)13(9-12)15(18)19/h3-9H,2,17H2,1H3,(H,18,19). The molecule has 0 unspecified atom stereocenters. The minimum absolute atomic E-state index is 0.0770. The molecule has 0 saturated heterocycles. The van der Waals surface area contributed by atoms with Crippen LogP contribution in [0.4, 0.5) is 5.69 Å². The Hall–Kier alpha value is -2.47. The van der Waals surface area contributed by atoms with Crippen LogP contribution in [0.2, 0.25) is 0 Å². The summed E-state index contributed by atoms with van der Waals surface area (Å²) in [5.74, 6) is -1.42. The highest BCUT2D eigenvalue weighted by molar-refractivity contribution is 7.99. The first-order chi connectivity index (χ1) is 10.5. The number of carbonyl (C=O) groups is 2. The first kappa shape index (κ1) is 15.9. The molecule has 0 fully saturated rings. The first-order valence-electron chi connectivity index (χ1n) is 6.59. The summed E-state index contributed by atoms with van der Waals surface area (Å²) in [6.07, 6.45) is 0. The number of nitrogens with two attached hydrogens (primary N) is 1. The average molecular weight is 317 g/mol. The van der Waals surface area contributed by atoms with Gasteiger partial charge in [0.15, 0.2) is 0 Å². The van der Waals surface area contributed by atoms with E-state index in [1.54, 1.807) is 43.3 Å². The van der Waals surface area contributed by atoms with Crippen LogP contribution in [0.5, 0.6) is 0 Å². The molecule has 114 valence electrons. The minimum Gasteiger partial charge on any atom is -0.478 e. The molecule has 0 aliphatic carbocycles. The molecule has 0 radical (unpaired) electrons. The van der Waals surface area contributed by atoms with E-state index in [1.165, 1.54) is 17.8 Å². The highest BCUT2D eigenvalue weighted by Gasteiger charge is 2.10. The Bertz CT molecular complexity index is 698. The van der Waals surface area contributed by atoms with Gasteiger partial charge in [0.05, 0.1) is 17.7 Å². The molecule has 0 spiro atoms. The summed E-state index contributed by atoms with van der Waals surface area (Å²) < 4.78 is 4.92. The summed E-state index contributed by atoms with van der Waals surface area (Å²) in [5, 5.41) is 9.06. The van der Waals surface area contributed by atoms with Gasteiger partial charge in [-0.15, -0.1) is 0 Å². The molecule has 5 nitrogen and oxygen atoms in total. The number of carboxylic acids is 1. The molecule has 3 N–H and O–H groups in total. The Morgan fingerprint density at radius 1 is 1.14 bits per heavy atom. The maximum atomic E-state index is 11.6. The zero-order valence-corrected chi connectivity index (χ0v) is 12.7. The topological polar surface area (TPSA) is 89.6 Å². The zero-order valence-electron chi connectivity index (χ0n) is 11.9. The van der Waals surface area contributed by atoms with Crippen LogP contribution in [0.25, 0.3) is 0 Å². The Labute approximate surface area is 132 Å². The predicted molar refractivity (Wildman–Crippen MR) is 84.3 cm³/mol. The molecule has 0 aliphatic rings. The van der Waals surface area contributed by atoms with Crippen LogP contribution >= 0.6 is 11.8 Å². The SMILES string of the molecule is CCOC(=O)c1ccc(Sc2ccc(N)c(C(=O)O)c2)cc1. The van der Waals surface area contributed by atoms with Crippen molar-refractivity contribution in [1.29, 1.82) is 0 Å². The maximum Gasteiger partial charge on any atom is 0.338 e. The van der Waals surface area contributed by atoms with E-state index in [0.717, 1.165) is 9.79 Å². The largest absolute Gasteiger partial charge is 0.478 e. The third-order valence-electron chi connectivity index (χ3n) is 2.86. The van der Waals surface area contributed by atoms with Gasteiger partial charge in [0, 0.05) is 15.5 Å². The fourth-order valence-electron chi connectivity index (χ4n) is 1.79. The number of nitrogen functional groups attached to an aromatic ring is 1. The predicted octanol–water partition coefficient (Wildman–Crippen LogP) is 3.29. The van der Waals surface area contributed by atoms with Gasteiger partial charge >= 0.3 is 11.9 Å². The average Bonchev–Trinajstić information content (AvgIpc) is 2.50. The Morgan fingerprint density at radius 2 is 1.77 bits per heavy atom. The number of hydrogen-bond donors (Lipinski definition) is 2. The van der Waals surface area contributed by atoms with Gasteiger partial charge in [-0.05, 0) is 49.4 Å². The summed E-state index contributed by atoms with van der Waals surface area (Å²) in [7, 11) is 0. The second kappa shape index (κ2) is 7.00. The molecule has 2 rings (SSSR count). The fraction of sp³-hybridized carbons (Fsp3) is 0.125. The number of aromatic carboxylic acids is 1. The van der Waals surface area contributed by atoms with Gasteiger partial charge in [0.25, 0.3) is 0 Å². The molecule has 6 heteroatoms. The van der Waals surface area contributed by atoms with Crippen molar-refractivity contribution >= 4 is 29.4 Å². The molecule has 0 amide bonds. The highest BCUT2D eigenvalue weighted by Crippen LogP contribution is 2.30. The van der Waals surface area contributed by atoms with Crippen molar-refractivity contribution in [2.45, 2.75) is 16.7 Å². The van der Waals surface area contributed by atoms with Crippen LogP contribution in [-0.2, 0) is 4.74 Å². The van der Waals surface area contributed by atoms with Crippen molar-refractivity contribution in [2.75, 3.05) is 12.3 Å². The van der Waals surface area contributed by atoms with E-state index in [2.05, 4.69) is 0 Å². The normalized spacial score (nSPS) is 10.2. The number of carboxylic acid groups (broad SMARTS) is 1. The summed E-state index contributed by atoms with van der Waals surface area (Å²) in [4.78, 5) is 24.3. The number of benzene rings is 2. The van der Waals surface area contributed by atoms with E-state index >= 15 is 0 Å². The fourth-order valence-corrected chi connectivity index (χ4v) is 2.65. The molecule has 2 aromatic carbocycles. The number of carbonyl (C=O) groups excluding carboxylic acids is 1. The second-order valence-electron chi connectivity index (χ2n) is 4.40. The lowest BCUT2D eigenvalue weighted by Gasteiger charge is -2.06. The first-order valence-corrected chi connectivity index (χ1v) is 7.40. The van der Waals surface area contributed by atoms with Crippen molar-refractivity contribution in [3.05, 3.63) is 53.6 Å². The van der Waals surface area contributed by atoms with E-state index in [-0.39, 0.29) is 17.2 Å². The van der Waals surface area contributed by atoms with Crippen molar-refractivity contribution in [2.24, 2.45) is 0 Å². The van der Waals surface area contributed by atoms with Crippen LogP contribution in [0, 0.1) is 0 Å². The number of esters is 1. The molecule has 0 atom stereocenters. The summed E-state index contributed by atoms with van der Waals surface area (Å²) >= 11 is 1.39. The monoisotopic (exact) mass is 317 g/mol. The molecule has 22 heavy (non-hydrogen) atoms. The summed E-state index contributed by atoms with van der Waals surface area (Å²) in [6, 6.07) is 11.8. The van der Waals surface area contributed by atoms with E-state index in [1.807, 2.05) is 0 Å². The van der Waals surface area contributed by atoms with Gasteiger partial charge in [0.1, 0.15) is 0 Å². The Morgan fingerprint density at radius 3 is 2.36 bits per heavy atom. The van der Waals surface area contributed by atoms with Crippen LogP contribution in [0.3, 0.4) is 0 Å². The van der Waals surface area contributed by atoms with E-state index in [9.17, 15) is 9.59 Å².